The second kappa shape index (κ2) is 9.32. The van der Waals surface area contributed by atoms with Crippen LogP contribution in [0.1, 0.15) is 63.9 Å². The van der Waals surface area contributed by atoms with E-state index >= 15 is 0 Å². The van der Waals surface area contributed by atoms with Gasteiger partial charge in [0.05, 0.1) is 5.56 Å². The summed E-state index contributed by atoms with van der Waals surface area (Å²) >= 11 is 7.63. The highest BCUT2D eigenvalue weighted by Gasteiger charge is 2.34. The maximum Gasteiger partial charge on any atom is 0.258 e. The molecule has 4 rings (SSSR count). The van der Waals surface area contributed by atoms with Crippen molar-refractivity contribution in [1.29, 1.82) is 0 Å². The van der Waals surface area contributed by atoms with Crippen molar-refractivity contribution in [3.63, 3.8) is 0 Å². The number of hydrogen-bond donors (Lipinski definition) is 2. The van der Waals surface area contributed by atoms with Gasteiger partial charge < -0.3 is 10.6 Å². The molecule has 1 aliphatic rings. The fourth-order valence-electron chi connectivity index (χ4n) is 4.37. The van der Waals surface area contributed by atoms with Gasteiger partial charge in [0.2, 0.25) is 0 Å². The van der Waals surface area contributed by atoms with E-state index in [0.717, 1.165) is 30.4 Å². The lowest BCUT2D eigenvalue weighted by Crippen LogP contribution is -2.27. The summed E-state index contributed by atoms with van der Waals surface area (Å²) in [6, 6.07) is 14.6. The molecule has 0 fully saturated rings. The van der Waals surface area contributed by atoms with Crippen molar-refractivity contribution in [2.75, 3.05) is 10.6 Å². The van der Waals surface area contributed by atoms with E-state index in [2.05, 4.69) is 31.4 Å². The van der Waals surface area contributed by atoms with Gasteiger partial charge in [0.25, 0.3) is 11.8 Å². The van der Waals surface area contributed by atoms with Gasteiger partial charge in [-0.05, 0) is 73.4 Å². The number of carbonyl (C=O) groups is 2. The molecule has 1 aliphatic carbocycles. The SMILES string of the molecule is Cc1cccc(C(=O)Nc2sc3c(c2C(=O)Nc2cccc(Cl)c2)CCC(C(C)(C)C)C3)c1. The Morgan fingerprint density at radius 1 is 1.03 bits per heavy atom. The minimum Gasteiger partial charge on any atom is -0.322 e. The molecule has 1 heterocycles. The second-order valence-electron chi connectivity index (χ2n) is 9.80. The molecule has 1 aromatic heterocycles. The van der Waals surface area contributed by atoms with Crippen molar-refractivity contribution < 1.29 is 9.59 Å². The quantitative estimate of drug-likeness (QED) is 0.409. The van der Waals surface area contributed by atoms with Gasteiger partial charge in [-0.15, -0.1) is 11.3 Å². The van der Waals surface area contributed by atoms with Crippen LogP contribution in [0.25, 0.3) is 0 Å². The van der Waals surface area contributed by atoms with E-state index in [0.29, 0.717) is 32.8 Å². The van der Waals surface area contributed by atoms with Gasteiger partial charge in [0.1, 0.15) is 5.00 Å². The zero-order valence-electron chi connectivity index (χ0n) is 19.4. The molecule has 172 valence electrons. The van der Waals surface area contributed by atoms with E-state index in [9.17, 15) is 9.59 Å². The first-order valence-corrected chi connectivity index (χ1v) is 12.4. The highest BCUT2D eigenvalue weighted by atomic mass is 35.5. The lowest BCUT2D eigenvalue weighted by atomic mass is 9.72. The summed E-state index contributed by atoms with van der Waals surface area (Å²) in [5.41, 5.74) is 4.04. The Bertz CT molecular complexity index is 1210. The molecular weight excluding hydrogens is 452 g/mol. The standard InChI is InChI=1S/C27H29ClN2O2S/c1-16-7-5-8-17(13-16)24(31)30-26-23(25(32)29-20-10-6-9-19(28)15-20)21-12-11-18(27(2,3)4)14-22(21)33-26/h5-10,13,15,18H,11-12,14H2,1-4H3,(H,29,32)(H,30,31). The summed E-state index contributed by atoms with van der Waals surface area (Å²) < 4.78 is 0. The number of anilines is 2. The Balaban J connectivity index is 1.69. The van der Waals surface area contributed by atoms with Crippen LogP contribution < -0.4 is 10.6 Å². The van der Waals surface area contributed by atoms with Crippen molar-refractivity contribution in [3.05, 3.63) is 80.7 Å². The van der Waals surface area contributed by atoms with Crippen molar-refractivity contribution in [3.8, 4) is 0 Å². The fourth-order valence-corrected chi connectivity index (χ4v) is 5.89. The van der Waals surface area contributed by atoms with Crippen LogP contribution in [-0.2, 0) is 12.8 Å². The van der Waals surface area contributed by atoms with E-state index in [1.54, 1.807) is 24.3 Å². The van der Waals surface area contributed by atoms with Crippen molar-refractivity contribution in [1.82, 2.24) is 0 Å². The zero-order valence-corrected chi connectivity index (χ0v) is 21.0. The zero-order chi connectivity index (χ0) is 23.8. The van der Waals surface area contributed by atoms with Gasteiger partial charge in [0.15, 0.2) is 0 Å². The third kappa shape index (κ3) is 5.31. The lowest BCUT2D eigenvalue weighted by Gasteiger charge is -2.33. The van der Waals surface area contributed by atoms with Crippen molar-refractivity contribution >= 4 is 45.4 Å². The van der Waals surface area contributed by atoms with Crippen molar-refractivity contribution in [2.24, 2.45) is 11.3 Å². The van der Waals surface area contributed by atoms with Gasteiger partial charge in [-0.2, -0.15) is 0 Å². The number of halogens is 1. The molecule has 3 aromatic rings. The minimum atomic E-state index is -0.219. The second-order valence-corrected chi connectivity index (χ2v) is 11.3. The summed E-state index contributed by atoms with van der Waals surface area (Å²) in [6.07, 6.45) is 2.77. The van der Waals surface area contributed by atoms with E-state index < -0.39 is 0 Å². The third-order valence-electron chi connectivity index (χ3n) is 6.31. The maximum atomic E-state index is 13.4. The molecule has 0 aliphatic heterocycles. The van der Waals surface area contributed by atoms with Crippen LogP contribution in [0.5, 0.6) is 0 Å². The number of aryl methyl sites for hydroxylation is 1. The Morgan fingerprint density at radius 3 is 2.48 bits per heavy atom. The topological polar surface area (TPSA) is 58.2 Å². The van der Waals surface area contributed by atoms with Crippen LogP contribution >= 0.6 is 22.9 Å². The molecule has 6 heteroatoms. The maximum absolute atomic E-state index is 13.4. The predicted molar refractivity (Wildman–Crippen MR) is 138 cm³/mol. The first-order valence-electron chi connectivity index (χ1n) is 11.2. The number of rotatable bonds is 4. The highest BCUT2D eigenvalue weighted by Crippen LogP contribution is 2.44. The molecule has 0 radical (unpaired) electrons. The number of hydrogen-bond acceptors (Lipinski definition) is 3. The van der Waals surface area contributed by atoms with E-state index in [-0.39, 0.29) is 17.2 Å². The van der Waals surface area contributed by atoms with Gasteiger partial charge in [-0.3, -0.25) is 9.59 Å². The smallest absolute Gasteiger partial charge is 0.258 e. The van der Waals surface area contributed by atoms with Crippen LogP contribution in [0.2, 0.25) is 5.02 Å². The van der Waals surface area contributed by atoms with Crippen molar-refractivity contribution in [2.45, 2.75) is 47.0 Å². The molecule has 1 unspecified atom stereocenters. The van der Waals surface area contributed by atoms with Gasteiger partial charge >= 0.3 is 0 Å². The Hall–Kier alpha value is -2.63. The van der Waals surface area contributed by atoms with Gasteiger partial charge in [-0.1, -0.05) is 56.1 Å². The average molecular weight is 481 g/mol. The first-order chi connectivity index (χ1) is 15.6. The Labute approximate surface area is 204 Å². The number of amides is 2. The molecular formula is C27H29ClN2O2S. The number of carbonyl (C=O) groups excluding carboxylic acids is 2. The monoisotopic (exact) mass is 480 g/mol. The molecule has 2 N–H and O–H groups in total. The predicted octanol–water partition coefficient (Wildman–Crippen LogP) is 7.37. The molecule has 2 amide bonds. The minimum absolute atomic E-state index is 0.190. The lowest BCUT2D eigenvalue weighted by molar-refractivity contribution is 0.102. The number of fused-ring (bicyclic) bond motifs is 1. The average Bonchev–Trinajstić information content (AvgIpc) is 3.10. The Morgan fingerprint density at radius 2 is 1.79 bits per heavy atom. The van der Waals surface area contributed by atoms with Crippen LogP contribution in [0.4, 0.5) is 10.7 Å². The largest absolute Gasteiger partial charge is 0.322 e. The fraction of sp³-hybridized carbons (Fsp3) is 0.333. The molecule has 0 saturated heterocycles. The summed E-state index contributed by atoms with van der Waals surface area (Å²) in [7, 11) is 0. The molecule has 0 saturated carbocycles. The molecule has 4 nitrogen and oxygen atoms in total. The summed E-state index contributed by atoms with van der Waals surface area (Å²) in [5, 5.41) is 7.18. The summed E-state index contributed by atoms with van der Waals surface area (Å²) in [5.74, 6) is 0.109. The Kier molecular flexibility index (Phi) is 6.64. The number of thiophene rings is 1. The molecule has 33 heavy (non-hydrogen) atoms. The number of benzene rings is 2. The van der Waals surface area contributed by atoms with E-state index in [1.165, 1.54) is 16.2 Å². The molecule has 1 atom stereocenters. The highest BCUT2D eigenvalue weighted by molar-refractivity contribution is 7.17. The molecule has 0 spiro atoms. The van der Waals surface area contributed by atoms with E-state index in [4.69, 9.17) is 11.6 Å². The third-order valence-corrected chi connectivity index (χ3v) is 7.71. The summed E-state index contributed by atoms with van der Waals surface area (Å²) in [4.78, 5) is 27.6. The molecule has 2 aromatic carbocycles. The van der Waals surface area contributed by atoms with Crippen LogP contribution in [-0.4, -0.2) is 11.8 Å². The summed E-state index contributed by atoms with van der Waals surface area (Å²) in [6.45, 7) is 8.76. The van der Waals surface area contributed by atoms with E-state index in [1.807, 2.05) is 31.2 Å². The van der Waals surface area contributed by atoms with Crippen LogP contribution in [0.3, 0.4) is 0 Å². The van der Waals surface area contributed by atoms with Gasteiger partial charge in [0, 0.05) is 21.2 Å². The molecule has 0 bridgehead atoms. The van der Waals surface area contributed by atoms with Crippen LogP contribution in [0.15, 0.2) is 48.5 Å². The van der Waals surface area contributed by atoms with Crippen LogP contribution in [0, 0.1) is 18.3 Å². The van der Waals surface area contributed by atoms with Gasteiger partial charge in [-0.25, -0.2) is 0 Å². The first kappa shape index (κ1) is 23.5. The normalized spacial score (nSPS) is 15.6. The number of nitrogens with one attached hydrogen (secondary N) is 2.